The standard InChI is InChI=1S/C19H14ClN3O3S2/c1-25-15-6-12-14(7-16(15)26-2)22-17(23-18(12)24)13(20)5-11-9-28-19(21-11)10-3-4-27-8-10/h3-9H,1-2H3,(H,22,23,24)/b13-5-. The third-order valence-corrected chi connectivity index (χ3v) is 5.88. The van der Waals surface area contributed by atoms with Crippen LogP contribution in [0.25, 0.3) is 32.6 Å². The molecule has 9 heteroatoms. The van der Waals surface area contributed by atoms with Crippen molar-refractivity contribution in [3.05, 3.63) is 56.2 Å². The number of nitrogens with one attached hydrogen (secondary N) is 1. The fraction of sp³-hybridized carbons (Fsp3) is 0.105. The first-order valence-electron chi connectivity index (χ1n) is 8.10. The second-order valence-electron chi connectivity index (χ2n) is 5.72. The van der Waals surface area contributed by atoms with Crippen LogP contribution in [0.3, 0.4) is 0 Å². The van der Waals surface area contributed by atoms with E-state index in [4.69, 9.17) is 21.1 Å². The number of benzene rings is 1. The van der Waals surface area contributed by atoms with Crippen LogP contribution in [0, 0.1) is 0 Å². The second kappa shape index (κ2) is 7.75. The number of aromatic nitrogens is 3. The largest absolute Gasteiger partial charge is 0.493 e. The van der Waals surface area contributed by atoms with Crippen molar-refractivity contribution in [1.29, 1.82) is 0 Å². The van der Waals surface area contributed by atoms with E-state index in [2.05, 4.69) is 15.0 Å². The van der Waals surface area contributed by atoms with E-state index in [9.17, 15) is 4.79 Å². The first kappa shape index (κ1) is 18.7. The number of methoxy groups -OCH3 is 2. The highest BCUT2D eigenvalue weighted by atomic mass is 35.5. The summed E-state index contributed by atoms with van der Waals surface area (Å²) in [6, 6.07) is 5.26. The number of H-pyrrole nitrogens is 1. The molecule has 0 aliphatic carbocycles. The van der Waals surface area contributed by atoms with Gasteiger partial charge in [0.1, 0.15) is 5.01 Å². The van der Waals surface area contributed by atoms with Gasteiger partial charge in [0.25, 0.3) is 5.56 Å². The number of fused-ring (bicyclic) bond motifs is 1. The van der Waals surface area contributed by atoms with E-state index < -0.39 is 0 Å². The molecule has 3 heterocycles. The van der Waals surface area contributed by atoms with Gasteiger partial charge in [-0.15, -0.1) is 11.3 Å². The molecule has 6 nitrogen and oxygen atoms in total. The lowest BCUT2D eigenvalue weighted by Gasteiger charge is -2.09. The molecule has 1 aromatic carbocycles. The molecule has 1 N–H and O–H groups in total. The lowest BCUT2D eigenvalue weighted by molar-refractivity contribution is 0.355. The maximum Gasteiger partial charge on any atom is 0.259 e. The molecule has 0 aliphatic rings. The predicted octanol–water partition coefficient (Wildman–Crippen LogP) is 4.86. The molecule has 0 amide bonds. The minimum Gasteiger partial charge on any atom is -0.493 e. The van der Waals surface area contributed by atoms with Gasteiger partial charge in [0.15, 0.2) is 17.3 Å². The summed E-state index contributed by atoms with van der Waals surface area (Å²) in [4.78, 5) is 24.2. The van der Waals surface area contributed by atoms with Crippen LogP contribution in [0.15, 0.2) is 39.1 Å². The zero-order valence-electron chi connectivity index (χ0n) is 14.9. The molecule has 0 radical (unpaired) electrons. The highest BCUT2D eigenvalue weighted by Crippen LogP contribution is 2.31. The second-order valence-corrected chi connectivity index (χ2v) is 7.77. The molecule has 0 fully saturated rings. The highest BCUT2D eigenvalue weighted by Gasteiger charge is 2.13. The molecule has 0 spiro atoms. The topological polar surface area (TPSA) is 77.1 Å². The Hall–Kier alpha value is -2.68. The summed E-state index contributed by atoms with van der Waals surface area (Å²) < 4.78 is 10.5. The van der Waals surface area contributed by atoms with Gasteiger partial charge < -0.3 is 14.5 Å². The predicted molar refractivity (Wildman–Crippen MR) is 115 cm³/mol. The van der Waals surface area contributed by atoms with Gasteiger partial charge >= 0.3 is 0 Å². The van der Waals surface area contributed by atoms with Crippen molar-refractivity contribution in [2.75, 3.05) is 14.2 Å². The quantitative estimate of drug-likeness (QED) is 0.488. The molecule has 0 aliphatic heterocycles. The van der Waals surface area contributed by atoms with Crippen molar-refractivity contribution >= 4 is 56.3 Å². The van der Waals surface area contributed by atoms with Crippen molar-refractivity contribution in [3.8, 4) is 22.1 Å². The summed E-state index contributed by atoms with van der Waals surface area (Å²) in [5, 5.41) is 7.54. The SMILES string of the molecule is COc1cc2nc(/C(Cl)=C/c3csc(-c4ccsc4)n3)[nH]c(=O)c2cc1OC. The normalized spacial score (nSPS) is 11.8. The van der Waals surface area contributed by atoms with E-state index in [1.165, 1.54) is 25.6 Å². The molecular formula is C19H14ClN3O3S2. The third kappa shape index (κ3) is 3.54. The number of rotatable bonds is 5. The minimum absolute atomic E-state index is 0.261. The zero-order chi connectivity index (χ0) is 19.7. The van der Waals surface area contributed by atoms with Crippen LogP contribution in [-0.2, 0) is 0 Å². The number of thiophene rings is 1. The first-order chi connectivity index (χ1) is 13.6. The van der Waals surface area contributed by atoms with Crippen molar-refractivity contribution in [1.82, 2.24) is 15.0 Å². The number of thiazole rings is 1. The van der Waals surface area contributed by atoms with Gasteiger partial charge in [0.2, 0.25) is 0 Å². The van der Waals surface area contributed by atoms with Gasteiger partial charge in [-0.3, -0.25) is 4.79 Å². The lowest BCUT2D eigenvalue weighted by Crippen LogP contribution is -2.11. The summed E-state index contributed by atoms with van der Waals surface area (Å²) in [6.45, 7) is 0. The minimum atomic E-state index is -0.315. The van der Waals surface area contributed by atoms with E-state index in [1.54, 1.807) is 29.5 Å². The molecule has 142 valence electrons. The number of hydrogen-bond acceptors (Lipinski definition) is 7. The number of hydrogen-bond donors (Lipinski definition) is 1. The average Bonchev–Trinajstić information content (AvgIpc) is 3.38. The Kier molecular flexibility index (Phi) is 5.17. The highest BCUT2D eigenvalue weighted by molar-refractivity contribution is 7.14. The van der Waals surface area contributed by atoms with Crippen molar-refractivity contribution < 1.29 is 9.47 Å². The summed E-state index contributed by atoms with van der Waals surface area (Å²) in [6.07, 6.45) is 1.68. The smallest absolute Gasteiger partial charge is 0.259 e. The molecule has 3 aromatic heterocycles. The van der Waals surface area contributed by atoms with E-state index in [-0.39, 0.29) is 16.4 Å². The third-order valence-electron chi connectivity index (χ3n) is 4.00. The lowest BCUT2D eigenvalue weighted by atomic mass is 10.2. The van der Waals surface area contributed by atoms with Crippen LogP contribution in [0.1, 0.15) is 11.5 Å². The van der Waals surface area contributed by atoms with Crippen LogP contribution in [0.2, 0.25) is 0 Å². The van der Waals surface area contributed by atoms with Gasteiger partial charge in [-0.25, -0.2) is 9.97 Å². The number of nitrogens with zero attached hydrogens (tertiary/aromatic N) is 2. The van der Waals surface area contributed by atoms with Crippen LogP contribution in [0.4, 0.5) is 0 Å². The molecule has 0 bridgehead atoms. The van der Waals surface area contributed by atoms with Crippen LogP contribution in [0.5, 0.6) is 11.5 Å². The van der Waals surface area contributed by atoms with E-state index in [0.717, 1.165) is 10.6 Å². The fourth-order valence-electron chi connectivity index (χ4n) is 2.65. The maximum absolute atomic E-state index is 12.5. The monoisotopic (exact) mass is 431 g/mol. The molecule has 0 saturated heterocycles. The molecule has 28 heavy (non-hydrogen) atoms. The van der Waals surface area contributed by atoms with Gasteiger partial charge in [-0.1, -0.05) is 11.6 Å². The van der Waals surface area contributed by atoms with E-state index in [0.29, 0.717) is 28.1 Å². The molecular weight excluding hydrogens is 418 g/mol. The van der Waals surface area contributed by atoms with Gasteiger partial charge in [0.05, 0.1) is 35.8 Å². The van der Waals surface area contributed by atoms with Crippen molar-refractivity contribution in [2.24, 2.45) is 0 Å². The van der Waals surface area contributed by atoms with Crippen molar-refractivity contribution in [2.45, 2.75) is 0 Å². The first-order valence-corrected chi connectivity index (χ1v) is 10.3. The molecule has 0 atom stereocenters. The Balaban J connectivity index is 1.74. The fourth-order valence-corrected chi connectivity index (χ4v) is 4.34. The van der Waals surface area contributed by atoms with Gasteiger partial charge in [0, 0.05) is 22.4 Å². The van der Waals surface area contributed by atoms with Crippen molar-refractivity contribution in [3.63, 3.8) is 0 Å². The Bertz CT molecular complexity index is 1230. The van der Waals surface area contributed by atoms with Crippen LogP contribution in [-0.4, -0.2) is 29.2 Å². The number of ether oxygens (including phenoxy) is 2. The number of aromatic amines is 1. The van der Waals surface area contributed by atoms with E-state index >= 15 is 0 Å². The summed E-state index contributed by atoms with van der Waals surface area (Å²) >= 11 is 9.57. The number of halogens is 1. The van der Waals surface area contributed by atoms with Crippen LogP contribution >= 0.6 is 34.3 Å². The Morgan fingerprint density at radius 1 is 1.18 bits per heavy atom. The molecule has 4 rings (SSSR count). The summed E-state index contributed by atoms with van der Waals surface area (Å²) in [7, 11) is 3.04. The molecule has 0 unspecified atom stereocenters. The molecule has 0 saturated carbocycles. The Labute approximate surface area is 173 Å². The van der Waals surface area contributed by atoms with Crippen LogP contribution < -0.4 is 15.0 Å². The molecule has 4 aromatic rings. The average molecular weight is 432 g/mol. The summed E-state index contributed by atoms with van der Waals surface area (Å²) in [5.41, 5.74) is 1.92. The summed E-state index contributed by atoms with van der Waals surface area (Å²) in [5.74, 6) is 1.20. The maximum atomic E-state index is 12.5. The van der Waals surface area contributed by atoms with Gasteiger partial charge in [-0.05, 0) is 23.6 Å². The Morgan fingerprint density at radius 3 is 2.68 bits per heavy atom. The Morgan fingerprint density at radius 2 is 1.96 bits per heavy atom. The zero-order valence-corrected chi connectivity index (χ0v) is 17.2. The van der Waals surface area contributed by atoms with E-state index in [1.807, 2.05) is 22.2 Å². The van der Waals surface area contributed by atoms with Gasteiger partial charge in [-0.2, -0.15) is 11.3 Å².